The van der Waals surface area contributed by atoms with Crippen molar-refractivity contribution in [3.8, 4) is 11.3 Å². The molecule has 8 heteroatoms. The first-order chi connectivity index (χ1) is 10.1. The molecule has 2 N–H and O–H groups in total. The number of aromatic amines is 1. The van der Waals surface area contributed by atoms with Gasteiger partial charge in [-0.1, -0.05) is 0 Å². The predicted molar refractivity (Wildman–Crippen MR) is 99.1 cm³/mol. The van der Waals surface area contributed by atoms with Crippen LogP contribution in [0, 0.1) is 6.92 Å². The largest absolute Gasteiger partial charge is 0.357 e. The molecule has 2 aromatic rings. The van der Waals surface area contributed by atoms with E-state index in [4.69, 9.17) is 0 Å². The fourth-order valence-corrected chi connectivity index (χ4v) is 3.28. The minimum atomic E-state index is 0. The first kappa shape index (κ1) is 20.0. The molecule has 1 amide bonds. The Morgan fingerprint density at radius 2 is 2.13 bits per heavy atom. The third-order valence-electron chi connectivity index (χ3n) is 4.12. The average molecular weight is 377 g/mol. The Kier molecular flexibility index (Phi) is 7.07. The third kappa shape index (κ3) is 4.07. The second-order valence-corrected chi connectivity index (χ2v) is 6.60. The van der Waals surface area contributed by atoms with E-state index in [0.29, 0.717) is 11.7 Å². The van der Waals surface area contributed by atoms with Gasteiger partial charge < -0.3 is 15.2 Å². The van der Waals surface area contributed by atoms with E-state index in [9.17, 15) is 4.79 Å². The topological polar surface area (TPSA) is 61.0 Å². The summed E-state index contributed by atoms with van der Waals surface area (Å²) >= 11 is 1.62. The summed E-state index contributed by atoms with van der Waals surface area (Å²) in [4.78, 5) is 22.1. The van der Waals surface area contributed by atoms with Gasteiger partial charge in [-0.3, -0.25) is 4.79 Å². The molecule has 128 valence electrons. The molecule has 0 radical (unpaired) electrons. The van der Waals surface area contributed by atoms with Gasteiger partial charge in [0.2, 0.25) is 0 Å². The van der Waals surface area contributed by atoms with Crippen LogP contribution in [0.2, 0.25) is 0 Å². The van der Waals surface area contributed by atoms with Crippen molar-refractivity contribution in [3.05, 3.63) is 28.3 Å². The molecule has 0 spiro atoms. The van der Waals surface area contributed by atoms with Crippen LogP contribution in [0.4, 0.5) is 0 Å². The Bertz CT molecular complexity index is 657. The Balaban J connectivity index is 0.00000132. The van der Waals surface area contributed by atoms with Gasteiger partial charge in [-0.2, -0.15) is 0 Å². The zero-order valence-electron chi connectivity index (χ0n) is 13.3. The van der Waals surface area contributed by atoms with E-state index in [-0.39, 0.29) is 36.8 Å². The molecular weight excluding hydrogens is 355 g/mol. The van der Waals surface area contributed by atoms with Crippen molar-refractivity contribution in [2.24, 2.45) is 0 Å². The number of aryl methyl sites for hydroxylation is 1. The smallest absolute Gasteiger partial charge is 0.270 e. The Labute approximate surface area is 152 Å². The zero-order valence-corrected chi connectivity index (χ0v) is 15.8. The number of hydrogen-bond acceptors (Lipinski definition) is 4. The summed E-state index contributed by atoms with van der Waals surface area (Å²) in [5.41, 5.74) is 2.53. The van der Waals surface area contributed by atoms with Crippen molar-refractivity contribution in [1.29, 1.82) is 0 Å². The summed E-state index contributed by atoms with van der Waals surface area (Å²) in [5.74, 6) is 0.0639. The molecule has 23 heavy (non-hydrogen) atoms. The van der Waals surface area contributed by atoms with E-state index in [1.165, 1.54) is 0 Å². The maximum absolute atomic E-state index is 12.7. The highest BCUT2D eigenvalue weighted by molar-refractivity contribution is 7.09. The number of rotatable bonds is 2. The van der Waals surface area contributed by atoms with E-state index >= 15 is 0 Å². The van der Waals surface area contributed by atoms with Crippen LogP contribution < -0.4 is 5.32 Å². The van der Waals surface area contributed by atoms with E-state index in [0.717, 1.165) is 29.4 Å². The quantitative estimate of drug-likeness (QED) is 0.846. The number of nitrogens with one attached hydrogen (secondary N) is 2. The first-order valence-corrected chi connectivity index (χ1v) is 8.09. The fourth-order valence-electron chi connectivity index (χ4n) is 2.66. The maximum Gasteiger partial charge on any atom is 0.270 e. The van der Waals surface area contributed by atoms with Gasteiger partial charge >= 0.3 is 0 Å². The van der Waals surface area contributed by atoms with Gasteiger partial charge in [-0.15, -0.1) is 36.2 Å². The Morgan fingerprint density at radius 3 is 2.78 bits per heavy atom. The second-order valence-electron chi connectivity index (χ2n) is 5.54. The number of amides is 1. The van der Waals surface area contributed by atoms with E-state index in [2.05, 4.69) is 29.1 Å². The second kappa shape index (κ2) is 8.15. The van der Waals surface area contributed by atoms with Crippen molar-refractivity contribution < 1.29 is 4.79 Å². The van der Waals surface area contributed by atoms with Gasteiger partial charge in [0.25, 0.3) is 5.91 Å². The lowest BCUT2D eigenvalue weighted by molar-refractivity contribution is 0.0597. The number of nitrogens with zero attached hydrogens (tertiary/aromatic N) is 2. The molecule has 2 aromatic heterocycles. The summed E-state index contributed by atoms with van der Waals surface area (Å²) in [6, 6.07) is 2.41. The third-order valence-corrected chi connectivity index (χ3v) is 4.90. The first-order valence-electron chi connectivity index (χ1n) is 7.21. The standard InChI is InChI=1S/C15H20N4OS.2ClH/c1-9-10(2)19(5-4-16-9)15(20)13-6-12(7-17-13)14-8-21-11(3)18-14;;/h6-10,16-17H,4-5H2,1-3H3;2*1H. The van der Waals surface area contributed by atoms with Gasteiger partial charge in [0.15, 0.2) is 0 Å². The van der Waals surface area contributed by atoms with E-state index in [1.807, 2.05) is 29.5 Å². The van der Waals surface area contributed by atoms with Gasteiger partial charge in [0.05, 0.1) is 10.7 Å². The monoisotopic (exact) mass is 376 g/mol. The summed E-state index contributed by atoms with van der Waals surface area (Å²) in [5, 5.41) is 6.44. The fraction of sp³-hybridized carbons (Fsp3) is 0.467. The average Bonchev–Trinajstić information content (AvgIpc) is 3.09. The molecule has 2 unspecified atom stereocenters. The number of piperazine rings is 1. The molecule has 1 fully saturated rings. The summed E-state index contributed by atoms with van der Waals surface area (Å²) < 4.78 is 0. The summed E-state index contributed by atoms with van der Waals surface area (Å²) in [7, 11) is 0. The lowest BCUT2D eigenvalue weighted by Gasteiger charge is -2.38. The molecule has 3 heterocycles. The minimum absolute atomic E-state index is 0. The van der Waals surface area contributed by atoms with Crippen LogP contribution >= 0.6 is 36.2 Å². The number of aromatic nitrogens is 2. The van der Waals surface area contributed by atoms with Crippen molar-refractivity contribution in [2.45, 2.75) is 32.9 Å². The van der Waals surface area contributed by atoms with Crippen LogP contribution in [0.25, 0.3) is 11.3 Å². The number of carbonyl (C=O) groups is 1. The molecule has 0 aliphatic carbocycles. The molecule has 0 aromatic carbocycles. The zero-order chi connectivity index (χ0) is 15.0. The summed E-state index contributed by atoms with van der Waals surface area (Å²) in [6.45, 7) is 7.77. The maximum atomic E-state index is 12.7. The number of thiazole rings is 1. The van der Waals surface area contributed by atoms with Crippen molar-refractivity contribution >= 4 is 42.1 Å². The van der Waals surface area contributed by atoms with E-state index in [1.54, 1.807) is 11.3 Å². The van der Waals surface area contributed by atoms with Crippen LogP contribution in [0.1, 0.15) is 29.3 Å². The minimum Gasteiger partial charge on any atom is -0.357 e. The number of halogens is 2. The van der Waals surface area contributed by atoms with Crippen molar-refractivity contribution in [2.75, 3.05) is 13.1 Å². The highest BCUT2D eigenvalue weighted by Crippen LogP contribution is 2.23. The van der Waals surface area contributed by atoms with Crippen molar-refractivity contribution in [1.82, 2.24) is 20.2 Å². The van der Waals surface area contributed by atoms with Gasteiger partial charge in [-0.05, 0) is 26.8 Å². The number of carbonyl (C=O) groups excluding carboxylic acids is 1. The molecule has 3 rings (SSSR count). The van der Waals surface area contributed by atoms with Gasteiger partial charge in [-0.25, -0.2) is 4.98 Å². The van der Waals surface area contributed by atoms with E-state index < -0.39 is 0 Å². The molecule has 0 bridgehead atoms. The van der Waals surface area contributed by atoms with Crippen molar-refractivity contribution in [3.63, 3.8) is 0 Å². The molecule has 5 nitrogen and oxygen atoms in total. The molecule has 1 saturated heterocycles. The van der Waals surface area contributed by atoms with Gasteiger partial charge in [0, 0.05) is 42.3 Å². The lowest BCUT2D eigenvalue weighted by atomic mass is 10.1. The highest BCUT2D eigenvalue weighted by Gasteiger charge is 2.29. The Morgan fingerprint density at radius 1 is 1.39 bits per heavy atom. The molecule has 2 atom stereocenters. The van der Waals surface area contributed by atoms with Crippen LogP contribution in [-0.2, 0) is 0 Å². The molecule has 0 saturated carbocycles. The van der Waals surface area contributed by atoms with Crippen LogP contribution in [0.5, 0.6) is 0 Å². The van der Waals surface area contributed by atoms with Crippen LogP contribution in [0.3, 0.4) is 0 Å². The SMILES string of the molecule is Cc1nc(-c2c[nH]c(C(=O)N3CCNC(C)C3C)c2)cs1.Cl.Cl. The lowest BCUT2D eigenvalue weighted by Crippen LogP contribution is -2.57. The molecule has 1 aliphatic heterocycles. The summed E-state index contributed by atoms with van der Waals surface area (Å²) in [6.07, 6.45) is 1.86. The van der Waals surface area contributed by atoms with Gasteiger partial charge in [0.1, 0.15) is 5.69 Å². The number of H-pyrrole nitrogens is 1. The normalized spacial score (nSPS) is 20.6. The van der Waals surface area contributed by atoms with Crippen LogP contribution in [0.15, 0.2) is 17.6 Å². The Hall–Kier alpha value is -1.08. The van der Waals surface area contributed by atoms with Crippen LogP contribution in [-0.4, -0.2) is 45.9 Å². The molecule has 1 aliphatic rings. The number of hydrogen-bond donors (Lipinski definition) is 2. The predicted octanol–water partition coefficient (Wildman–Crippen LogP) is 3.11. The highest BCUT2D eigenvalue weighted by atomic mass is 35.5. The molecular formula is C15H22Cl2N4OS.